The van der Waals surface area contributed by atoms with Crippen molar-refractivity contribution in [2.75, 3.05) is 12.9 Å². The zero-order valence-electron chi connectivity index (χ0n) is 13.7. The lowest BCUT2D eigenvalue weighted by Gasteiger charge is -2.06. The van der Waals surface area contributed by atoms with Gasteiger partial charge in [0.1, 0.15) is 5.75 Å². The van der Waals surface area contributed by atoms with E-state index in [1.54, 1.807) is 49.8 Å². The number of ketones is 1. The van der Waals surface area contributed by atoms with Crippen LogP contribution in [0, 0.1) is 0 Å². The molecule has 0 unspecified atom stereocenters. The standard InChI is InChI=1S/C18H17N3O3S/c1-3-10-21-17(16-5-4-11-24-16)19-20-18(21)25-12-15(22)13-6-8-14(23-2)9-7-13/h3-9,11H,1,10,12H2,2H3. The number of rotatable bonds is 8. The summed E-state index contributed by atoms with van der Waals surface area (Å²) in [5.41, 5.74) is 0.634. The van der Waals surface area contributed by atoms with Crippen molar-refractivity contribution in [3.63, 3.8) is 0 Å². The van der Waals surface area contributed by atoms with Crippen LogP contribution >= 0.6 is 11.8 Å². The smallest absolute Gasteiger partial charge is 0.200 e. The van der Waals surface area contributed by atoms with E-state index in [1.165, 1.54) is 11.8 Å². The molecule has 0 atom stereocenters. The minimum absolute atomic E-state index is 0.0142. The first kappa shape index (κ1) is 17.0. The fourth-order valence-corrected chi connectivity index (χ4v) is 3.11. The molecule has 128 valence electrons. The third-order valence-electron chi connectivity index (χ3n) is 3.51. The second kappa shape index (κ2) is 7.85. The molecule has 2 heterocycles. The van der Waals surface area contributed by atoms with Crippen LogP contribution in [0.15, 0.2) is 64.9 Å². The van der Waals surface area contributed by atoms with Crippen molar-refractivity contribution in [1.82, 2.24) is 14.8 Å². The fraction of sp³-hybridized carbons (Fsp3) is 0.167. The fourth-order valence-electron chi connectivity index (χ4n) is 2.27. The normalized spacial score (nSPS) is 10.6. The summed E-state index contributed by atoms with van der Waals surface area (Å²) in [6.07, 6.45) is 3.34. The lowest BCUT2D eigenvalue weighted by Crippen LogP contribution is -2.05. The van der Waals surface area contributed by atoms with Gasteiger partial charge < -0.3 is 9.15 Å². The Morgan fingerprint density at radius 1 is 1.32 bits per heavy atom. The number of Topliss-reactive ketones (excluding diaryl/α,β-unsaturated/α-hetero) is 1. The Kier molecular flexibility index (Phi) is 5.35. The highest BCUT2D eigenvalue weighted by molar-refractivity contribution is 7.99. The predicted octanol–water partition coefficient (Wildman–Crippen LogP) is 3.71. The van der Waals surface area contributed by atoms with Gasteiger partial charge in [0.25, 0.3) is 0 Å². The Labute approximate surface area is 149 Å². The van der Waals surface area contributed by atoms with Gasteiger partial charge in [-0.3, -0.25) is 9.36 Å². The highest BCUT2D eigenvalue weighted by Crippen LogP contribution is 2.25. The van der Waals surface area contributed by atoms with Crippen LogP contribution in [-0.4, -0.2) is 33.4 Å². The Balaban J connectivity index is 1.74. The van der Waals surface area contributed by atoms with E-state index in [4.69, 9.17) is 9.15 Å². The lowest BCUT2D eigenvalue weighted by molar-refractivity contribution is 0.102. The number of carbonyl (C=O) groups excluding carboxylic acids is 1. The van der Waals surface area contributed by atoms with Gasteiger partial charge in [0.05, 0.1) is 19.1 Å². The highest BCUT2D eigenvalue weighted by atomic mass is 32.2. The predicted molar refractivity (Wildman–Crippen MR) is 96.0 cm³/mol. The summed E-state index contributed by atoms with van der Waals surface area (Å²) in [7, 11) is 1.59. The van der Waals surface area contributed by atoms with Crippen LogP contribution in [0.4, 0.5) is 0 Å². The van der Waals surface area contributed by atoms with E-state index in [9.17, 15) is 4.79 Å². The summed E-state index contributed by atoms with van der Waals surface area (Å²) in [4.78, 5) is 12.4. The van der Waals surface area contributed by atoms with Crippen LogP contribution in [0.1, 0.15) is 10.4 Å². The van der Waals surface area contributed by atoms with Gasteiger partial charge in [-0.2, -0.15) is 0 Å². The molecule has 0 bridgehead atoms. The molecule has 0 aliphatic carbocycles. The molecule has 3 aromatic rings. The molecule has 3 rings (SSSR count). The number of benzene rings is 1. The Bertz CT molecular complexity index is 854. The molecule has 1 aromatic carbocycles. The molecule has 25 heavy (non-hydrogen) atoms. The average molecular weight is 355 g/mol. The van der Waals surface area contributed by atoms with E-state index >= 15 is 0 Å². The Hall–Kier alpha value is -2.80. The number of methoxy groups -OCH3 is 1. The van der Waals surface area contributed by atoms with Crippen LogP contribution < -0.4 is 4.74 Å². The molecule has 0 aliphatic rings. The second-order valence-electron chi connectivity index (χ2n) is 5.12. The highest BCUT2D eigenvalue weighted by Gasteiger charge is 2.17. The quantitative estimate of drug-likeness (QED) is 0.348. The van der Waals surface area contributed by atoms with Gasteiger partial charge in [-0.05, 0) is 36.4 Å². The van der Waals surface area contributed by atoms with E-state index in [2.05, 4.69) is 16.8 Å². The van der Waals surface area contributed by atoms with E-state index < -0.39 is 0 Å². The monoisotopic (exact) mass is 355 g/mol. The molecule has 7 heteroatoms. The molecule has 0 saturated carbocycles. The van der Waals surface area contributed by atoms with Gasteiger partial charge in [-0.1, -0.05) is 17.8 Å². The van der Waals surface area contributed by atoms with Gasteiger partial charge in [0, 0.05) is 12.1 Å². The van der Waals surface area contributed by atoms with Crippen molar-refractivity contribution >= 4 is 17.5 Å². The summed E-state index contributed by atoms with van der Waals surface area (Å²) in [5.74, 6) is 2.24. The van der Waals surface area contributed by atoms with Crippen molar-refractivity contribution in [3.8, 4) is 17.3 Å². The van der Waals surface area contributed by atoms with Crippen molar-refractivity contribution in [1.29, 1.82) is 0 Å². The maximum atomic E-state index is 12.4. The van der Waals surface area contributed by atoms with Crippen molar-refractivity contribution < 1.29 is 13.9 Å². The molecule has 0 radical (unpaired) electrons. The zero-order valence-corrected chi connectivity index (χ0v) is 14.5. The molecule has 0 spiro atoms. The van der Waals surface area contributed by atoms with Gasteiger partial charge in [-0.15, -0.1) is 16.8 Å². The minimum atomic E-state index is 0.0142. The van der Waals surface area contributed by atoms with E-state index in [0.717, 1.165) is 5.75 Å². The molecule has 6 nitrogen and oxygen atoms in total. The first-order valence-corrected chi connectivity index (χ1v) is 8.59. The Morgan fingerprint density at radius 2 is 2.12 bits per heavy atom. The topological polar surface area (TPSA) is 70.2 Å². The number of carbonyl (C=O) groups is 1. The van der Waals surface area contributed by atoms with Crippen molar-refractivity contribution in [3.05, 3.63) is 60.9 Å². The van der Waals surface area contributed by atoms with Crippen LogP contribution in [0.2, 0.25) is 0 Å². The van der Waals surface area contributed by atoms with Gasteiger partial charge in [0.2, 0.25) is 5.82 Å². The van der Waals surface area contributed by atoms with E-state index in [-0.39, 0.29) is 11.5 Å². The largest absolute Gasteiger partial charge is 0.497 e. The number of furan rings is 1. The molecule has 0 N–H and O–H groups in total. The summed E-state index contributed by atoms with van der Waals surface area (Å²) < 4.78 is 12.4. The third kappa shape index (κ3) is 3.83. The van der Waals surface area contributed by atoms with E-state index in [1.807, 2.05) is 10.6 Å². The number of ether oxygens (including phenoxy) is 1. The van der Waals surface area contributed by atoms with Crippen LogP contribution in [0.5, 0.6) is 5.75 Å². The average Bonchev–Trinajstić information content (AvgIpc) is 3.30. The molecule has 0 amide bonds. The number of nitrogens with zero attached hydrogens (tertiary/aromatic N) is 3. The van der Waals surface area contributed by atoms with Gasteiger partial charge >= 0.3 is 0 Å². The first-order chi connectivity index (χ1) is 12.2. The number of allylic oxidation sites excluding steroid dienone is 1. The van der Waals surface area contributed by atoms with Crippen LogP contribution in [0.3, 0.4) is 0 Å². The second-order valence-corrected chi connectivity index (χ2v) is 6.07. The molecule has 0 saturated heterocycles. The summed E-state index contributed by atoms with van der Waals surface area (Å²) in [6, 6.07) is 10.7. The zero-order chi connectivity index (χ0) is 17.6. The molecule has 2 aromatic heterocycles. The van der Waals surface area contributed by atoms with Gasteiger partial charge in [0.15, 0.2) is 16.7 Å². The van der Waals surface area contributed by atoms with Crippen LogP contribution in [0.25, 0.3) is 11.6 Å². The number of hydrogen-bond acceptors (Lipinski definition) is 6. The first-order valence-electron chi connectivity index (χ1n) is 7.61. The maximum absolute atomic E-state index is 12.4. The maximum Gasteiger partial charge on any atom is 0.200 e. The molecular formula is C18H17N3O3S. The Morgan fingerprint density at radius 3 is 2.76 bits per heavy atom. The summed E-state index contributed by atoms with van der Waals surface area (Å²) in [5, 5.41) is 9.00. The summed E-state index contributed by atoms with van der Waals surface area (Å²) >= 11 is 1.34. The lowest BCUT2D eigenvalue weighted by atomic mass is 10.1. The summed E-state index contributed by atoms with van der Waals surface area (Å²) in [6.45, 7) is 4.29. The SMILES string of the molecule is C=CCn1c(SCC(=O)c2ccc(OC)cc2)nnc1-c1ccco1. The van der Waals surface area contributed by atoms with Crippen LogP contribution in [-0.2, 0) is 6.54 Å². The van der Waals surface area contributed by atoms with E-state index in [0.29, 0.717) is 28.8 Å². The minimum Gasteiger partial charge on any atom is -0.497 e. The number of aromatic nitrogens is 3. The molecule has 0 fully saturated rings. The molecular weight excluding hydrogens is 338 g/mol. The number of hydrogen-bond donors (Lipinski definition) is 0. The van der Waals surface area contributed by atoms with Gasteiger partial charge in [-0.25, -0.2) is 0 Å². The van der Waals surface area contributed by atoms with Crippen molar-refractivity contribution in [2.45, 2.75) is 11.7 Å². The molecule has 0 aliphatic heterocycles. The van der Waals surface area contributed by atoms with Crippen molar-refractivity contribution in [2.24, 2.45) is 0 Å². The third-order valence-corrected chi connectivity index (χ3v) is 4.48. The number of thioether (sulfide) groups is 1.